The summed E-state index contributed by atoms with van der Waals surface area (Å²) < 4.78 is 2.04. The summed E-state index contributed by atoms with van der Waals surface area (Å²) in [6.45, 7) is 4.67. The highest BCUT2D eigenvalue weighted by molar-refractivity contribution is 5.85. The third-order valence-corrected chi connectivity index (χ3v) is 4.64. The molecule has 1 saturated carbocycles. The molecule has 0 radical (unpaired) electrons. The second-order valence-corrected chi connectivity index (χ2v) is 6.33. The van der Waals surface area contributed by atoms with Crippen LogP contribution in [0.25, 0.3) is 11.0 Å². The molecule has 4 nitrogen and oxygen atoms in total. The molecule has 3 rings (SSSR count). The lowest BCUT2D eigenvalue weighted by Gasteiger charge is -2.35. The maximum atomic E-state index is 4.52. The zero-order valence-corrected chi connectivity index (χ0v) is 12.6. The molecule has 1 aliphatic carbocycles. The number of hydrogen-bond acceptors (Lipinski definition) is 3. The van der Waals surface area contributed by atoms with Crippen molar-refractivity contribution >= 4 is 16.9 Å². The number of anilines is 1. The van der Waals surface area contributed by atoms with Gasteiger partial charge in [0.05, 0.1) is 11.8 Å². The highest BCUT2D eigenvalue weighted by atomic mass is 15.1. The SMILES string of the molecule is CC(C)C1CCCCC1Nc1nccc2c1ncn2C. The molecule has 2 heterocycles. The summed E-state index contributed by atoms with van der Waals surface area (Å²) in [5.74, 6) is 2.40. The summed E-state index contributed by atoms with van der Waals surface area (Å²) >= 11 is 0. The summed E-state index contributed by atoms with van der Waals surface area (Å²) in [5, 5.41) is 3.68. The third-order valence-electron chi connectivity index (χ3n) is 4.64. The van der Waals surface area contributed by atoms with E-state index < -0.39 is 0 Å². The molecular formula is C16H24N4. The van der Waals surface area contributed by atoms with Crippen molar-refractivity contribution in [3.63, 3.8) is 0 Å². The smallest absolute Gasteiger partial charge is 0.154 e. The standard InChI is InChI=1S/C16H24N4/c1-11(2)12-6-4-5-7-13(12)19-16-15-14(8-9-17-16)20(3)10-18-15/h8-13H,4-7H2,1-3H3,(H,17,19). The number of imidazole rings is 1. The quantitative estimate of drug-likeness (QED) is 0.928. The molecule has 2 aromatic rings. The maximum Gasteiger partial charge on any atom is 0.154 e. The second-order valence-electron chi connectivity index (χ2n) is 6.33. The first-order valence-corrected chi connectivity index (χ1v) is 7.69. The molecule has 0 saturated heterocycles. The van der Waals surface area contributed by atoms with Crippen LogP contribution in [0.1, 0.15) is 39.5 Å². The normalized spacial score (nSPS) is 23.4. The Labute approximate surface area is 120 Å². The van der Waals surface area contributed by atoms with Gasteiger partial charge in [0.25, 0.3) is 0 Å². The summed E-state index contributed by atoms with van der Waals surface area (Å²) in [6, 6.07) is 2.55. The highest BCUT2D eigenvalue weighted by Gasteiger charge is 2.28. The summed E-state index contributed by atoms with van der Waals surface area (Å²) in [6.07, 6.45) is 8.99. The Morgan fingerprint density at radius 3 is 2.85 bits per heavy atom. The van der Waals surface area contributed by atoms with Gasteiger partial charge in [-0.05, 0) is 30.7 Å². The molecule has 0 amide bonds. The Balaban J connectivity index is 1.88. The number of rotatable bonds is 3. The van der Waals surface area contributed by atoms with Crippen LogP contribution in [-0.4, -0.2) is 20.6 Å². The molecule has 0 aliphatic heterocycles. The number of nitrogens with zero attached hydrogens (tertiary/aromatic N) is 3. The average molecular weight is 272 g/mol. The Kier molecular flexibility index (Phi) is 3.64. The van der Waals surface area contributed by atoms with Crippen LogP contribution in [0.5, 0.6) is 0 Å². The van der Waals surface area contributed by atoms with E-state index in [1.54, 1.807) is 0 Å². The first-order valence-electron chi connectivity index (χ1n) is 7.69. The maximum absolute atomic E-state index is 4.52. The van der Waals surface area contributed by atoms with Crippen LogP contribution in [0.4, 0.5) is 5.82 Å². The van der Waals surface area contributed by atoms with Crippen molar-refractivity contribution < 1.29 is 0 Å². The molecule has 2 atom stereocenters. The predicted octanol–water partition coefficient (Wildman–Crippen LogP) is 3.60. The van der Waals surface area contributed by atoms with Crippen molar-refractivity contribution in [2.45, 2.75) is 45.6 Å². The highest BCUT2D eigenvalue weighted by Crippen LogP contribution is 2.33. The molecule has 108 valence electrons. The van der Waals surface area contributed by atoms with E-state index in [0.29, 0.717) is 6.04 Å². The van der Waals surface area contributed by atoms with E-state index in [4.69, 9.17) is 0 Å². The third kappa shape index (κ3) is 2.39. The van der Waals surface area contributed by atoms with Gasteiger partial charge >= 0.3 is 0 Å². The van der Waals surface area contributed by atoms with Gasteiger partial charge in [-0.3, -0.25) is 0 Å². The van der Waals surface area contributed by atoms with E-state index in [1.165, 1.54) is 25.7 Å². The van der Waals surface area contributed by atoms with Gasteiger partial charge in [-0.25, -0.2) is 9.97 Å². The molecular weight excluding hydrogens is 248 g/mol. The van der Waals surface area contributed by atoms with E-state index in [1.807, 2.05) is 30.2 Å². The first kappa shape index (κ1) is 13.4. The van der Waals surface area contributed by atoms with Crippen molar-refractivity contribution in [2.24, 2.45) is 18.9 Å². The molecule has 1 fully saturated rings. The Morgan fingerprint density at radius 2 is 2.05 bits per heavy atom. The Hall–Kier alpha value is -1.58. The van der Waals surface area contributed by atoms with Gasteiger partial charge in [-0.2, -0.15) is 0 Å². The molecule has 2 unspecified atom stereocenters. The van der Waals surface area contributed by atoms with Crippen LogP contribution in [0.2, 0.25) is 0 Å². The average Bonchev–Trinajstić information content (AvgIpc) is 2.82. The van der Waals surface area contributed by atoms with Gasteiger partial charge in [0.15, 0.2) is 5.82 Å². The lowest BCUT2D eigenvalue weighted by Crippen LogP contribution is -2.35. The Morgan fingerprint density at radius 1 is 1.25 bits per heavy atom. The topological polar surface area (TPSA) is 42.7 Å². The molecule has 0 bridgehead atoms. The van der Waals surface area contributed by atoms with E-state index in [0.717, 1.165) is 28.7 Å². The van der Waals surface area contributed by atoms with Crippen LogP contribution < -0.4 is 5.32 Å². The minimum Gasteiger partial charge on any atom is -0.365 e. The van der Waals surface area contributed by atoms with Crippen molar-refractivity contribution in [3.8, 4) is 0 Å². The lowest BCUT2D eigenvalue weighted by molar-refractivity contribution is 0.253. The fourth-order valence-corrected chi connectivity index (χ4v) is 3.48. The number of fused-ring (bicyclic) bond motifs is 1. The Bertz CT molecular complexity index is 587. The van der Waals surface area contributed by atoms with Gasteiger partial charge in [0.1, 0.15) is 5.52 Å². The molecule has 0 spiro atoms. The van der Waals surface area contributed by atoms with Crippen molar-refractivity contribution in [1.82, 2.24) is 14.5 Å². The summed E-state index contributed by atoms with van der Waals surface area (Å²) in [5.41, 5.74) is 2.13. The molecule has 0 aromatic carbocycles. The van der Waals surface area contributed by atoms with Crippen LogP contribution in [-0.2, 0) is 7.05 Å². The second kappa shape index (κ2) is 5.43. The van der Waals surface area contributed by atoms with Crippen molar-refractivity contribution in [2.75, 3.05) is 5.32 Å². The predicted molar refractivity (Wildman–Crippen MR) is 82.7 cm³/mol. The van der Waals surface area contributed by atoms with Crippen LogP contribution in [0.3, 0.4) is 0 Å². The molecule has 1 N–H and O–H groups in total. The van der Waals surface area contributed by atoms with Crippen LogP contribution >= 0.6 is 0 Å². The van der Waals surface area contributed by atoms with Crippen LogP contribution in [0.15, 0.2) is 18.6 Å². The van der Waals surface area contributed by atoms with Gasteiger partial charge < -0.3 is 9.88 Å². The number of pyridine rings is 1. The van der Waals surface area contributed by atoms with E-state index in [9.17, 15) is 0 Å². The van der Waals surface area contributed by atoms with E-state index >= 15 is 0 Å². The monoisotopic (exact) mass is 272 g/mol. The zero-order chi connectivity index (χ0) is 14.1. The minimum absolute atomic E-state index is 0.531. The minimum atomic E-state index is 0.531. The van der Waals surface area contributed by atoms with Crippen molar-refractivity contribution in [3.05, 3.63) is 18.6 Å². The van der Waals surface area contributed by atoms with Gasteiger partial charge in [0.2, 0.25) is 0 Å². The van der Waals surface area contributed by atoms with E-state index in [2.05, 4.69) is 29.1 Å². The van der Waals surface area contributed by atoms with Gasteiger partial charge in [0, 0.05) is 19.3 Å². The fraction of sp³-hybridized carbons (Fsp3) is 0.625. The molecule has 1 aliphatic rings. The first-order chi connectivity index (χ1) is 9.66. The number of aromatic nitrogens is 3. The van der Waals surface area contributed by atoms with Gasteiger partial charge in [-0.15, -0.1) is 0 Å². The van der Waals surface area contributed by atoms with E-state index in [-0.39, 0.29) is 0 Å². The number of nitrogens with one attached hydrogen (secondary N) is 1. The number of hydrogen-bond donors (Lipinski definition) is 1. The van der Waals surface area contributed by atoms with Crippen molar-refractivity contribution in [1.29, 1.82) is 0 Å². The fourth-order valence-electron chi connectivity index (χ4n) is 3.48. The largest absolute Gasteiger partial charge is 0.365 e. The molecule has 20 heavy (non-hydrogen) atoms. The van der Waals surface area contributed by atoms with Crippen LogP contribution in [0, 0.1) is 11.8 Å². The summed E-state index contributed by atoms with van der Waals surface area (Å²) in [7, 11) is 2.02. The number of aryl methyl sites for hydroxylation is 1. The molecule has 2 aromatic heterocycles. The molecule has 4 heteroatoms. The lowest BCUT2D eigenvalue weighted by atomic mass is 9.78. The van der Waals surface area contributed by atoms with Gasteiger partial charge in [-0.1, -0.05) is 26.7 Å². The zero-order valence-electron chi connectivity index (χ0n) is 12.6. The summed E-state index contributed by atoms with van der Waals surface area (Å²) in [4.78, 5) is 9.01.